The van der Waals surface area contributed by atoms with Crippen LogP contribution in [0.15, 0.2) is 18.4 Å². The lowest BCUT2D eigenvalue weighted by atomic mass is 10.7. The second-order valence-electron chi connectivity index (χ2n) is 0.716. The highest BCUT2D eigenvalue weighted by Crippen LogP contribution is 1.46. The number of nitrogens with zero attached hydrogens (tertiary/aromatic N) is 1. The molecule has 0 heterocycles. The largest absolute Gasteiger partial charge is 0.199 e. The first-order chi connectivity index (χ1) is 3.33. The van der Waals surface area contributed by atoms with Gasteiger partial charge in [-0.3, -0.25) is 0 Å². The molecule has 0 atom stereocenters. The first-order valence-corrected chi connectivity index (χ1v) is 1.94. The van der Waals surface area contributed by atoms with Crippen molar-refractivity contribution < 1.29 is 0 Å². The zero-order valence-corrected chi connectivity index (χ0v) is 4.73. The van der Waals surface area contributed by atoms with Crippen LogP contribution in [0.3, 0.4) is 0 Å². The van der Waals surface area contributed by atoms with Crippen molar-refractivity contribution in [2.24, 2.45) is 0 Å². The molecule has 0 rings (SSSR count). The van der Waals surface area contributed by atoms with Crippen LogP contribution in [-0.2, 0) is 0 Å². The van der Waals surface area contributed by atoms with E-state index in [1.54, 1.807) is 12.1 Å². The minimum atomic E-state index is 1.43. The van der Waals surface area contributed by atoms with Crippen molar-refractivity contribution in [1.29, 1.82) is 5.26 Å². The summed E-state index contributed by atoms with van der Waals surface area (Å²) in [7, 11) is 0. The summed E-state index contributed by atoms with van der Waals surface area (Å²) >= 11 is 0. The molecule has 0 aromatic heterocycles. The second kappa shape index (κ2) is 19.9. The van der Waals surface area contributed by atoms with Gasteiger partial charge in [0.15, 0.2) is 0 Å². The van der Waals surface area contributed by atoms with E-state index in [-0.39, 0.29) is 0 Å². The van der Waals surface area contributed by atoms with E-state index in [2.05, 4.69) is 12.3 Å². The number of rotatable bonds is 0. The van der Waals surface area contributed by atoms with Gasteiger partial charge in [-0.2, -0.15) is 5.26 Å². The van der Waals surface area contributed by atoms with E-state index < -0.39 is 0 Å². The van der Waals surface area contributed by atoms with Gasteiger partial charge in [0, 0.05) is 6.92 Å². The Morgan fingerprint density at radius 2 is 1.86 bits per heavy atom. The number of allylic oxidation sites excluding steroid dienone is 1. The van der Waals surface area contributed by atoms with Gasteiger partial charge in [0.2, 0.25) is 0 Å². The maximum Gasteiger partial charge on any atom is 0.0587 e. The third-order valence-electron chi connectivity index (χ3n) is 0.204. The summed E-state index contributed by atoms with van der Waals surface area (Å²) in [5.41, 5.74) is 2.56. The molecule has 7 heavy (non-hydrogen) atoms. The fourth-order valence-electron chi connectivity index (χ4n) is 0. The van der Waals surface area contributed by atoms with Gasteiger partial charge < -0.3 is 0 Å². The average Bonchev–Trinajstić information content (AvgIpc) is 1.69. The highest BCUT2D eigenvalue weighted by molar-refractivity contribution is 4.67. The first kappa shape index (κ1) is 9.38. The molecule has 0 N–H and O–H groups in total. The lowest BCUT2D eigenvalue weighted by Crippen LogP contribution is -1.15. The molecule has 0 fully saturated rings. The fraction of sp³-hybridized carbons (Fsp3) is 0.333. The molecule has 0 amide bonds. The lowest BCUT2D eigenvalue weighted by Gasteiger charge is -1.37. The molecule has 1 heteroatoms. The van der Waals surface area contributed by atoms with Crippen molar-refractivity contribution in [1.82, 2.24) is 0 Å². The molecule has 0 aliphatic heterocycles. The Morgan fingerprint density at radius 3 is 1.86 bits per heavy atom. The van der Waals surface area contributed by atoms with Crippen LogP contribution in [0.25, 0.3) is 0 Å². The van der Waals surface area contributed by atoms with Crippen LogP contribution in [0, 0.1) is 11.3 Å². The lowest BCUT2D eigenvalue weighted by molar-refractivity contribution is 1.49. The quantitative estimate of drug-likeness (QED) is 0.421. The van der Waals surface area contributed by atoms with E-state index in [0.717, 1.165) is 0 Å². The minimum absolute atomic E-state index is 1.43. The highest BCUT2D eigenvalue weighted by atomic mass is 14.2. The summed E-state index contributed by atoms with van der Waals surface area (Å²) in [5.74, 6) is 0. The maximum absolute atomic E-state index is 7.32. The van der Waals surface area contributed by atoms with Gasteiger partial charge in [-0.1, -0.05) is 6.58 Å². The molecule has 0 radical (unpaired) electrons. The molecule has 0 bridgehead atoms. The Labute approximate surface area is 44.6 Å². The van der Waals surface area contributed by atoms with E-state index in [1.165, 1.54) is 6.92 Å². The summed E-state index contributed by atoms with van der Waals surface area (Å²) in [5, 5.41) is 7.32. The Kier molecular flexibility index (Phi) is 26.7. The van der Waals surface area contributed by atoms with Crippen molar-refractivity contribution in [2.75, 3.05) is 0 Å². The molecule has 38 valence electrons. The molecule has 0 unspecified atom stereocenters. The van der Waals surface area contributed by atoms with Crippen LogP contribution >= 0.6 is 0 Å². The van der Waals surface area contributed by atoms with Gasteiger partial charge in [-0.15, -0.1) is 5.73 Å². The van der Waals surface area contributed by atoms with Gasteiger partial charge >= 0.3 is 0 Å². The molecule has 0 aromatic rings. The molecular weight excluding hydrogens is 86.1 g/mol. The third-order valence-corrected chi connectivity index (χ3v) is 0.204. The maximum atomic E-state index is 7.32. The van der Waals surface area contributed by atoms with Gasteiger partial charge in [0.25, 0.3) is 0 Å². The van der Waals surface area contributed by atoms with Gasteiger partial charge in [-0.25, -0.2) is 0 Å². The second-order valence-corrected chi connectivity index (χ2v) is 0.716. The van der Waals surface area contributed by atoms with Crippen molar-refractivity contribution >= 4 is 0 Å². The van der Waals surface area contributed by atoms with Crippen molar-refractivity contribution in [2.45, 2.75) is 13.8 Å². The van der Waals surface area contributed by atoms with Crippen molar-refractivity contribution in [3.05, 3.63) is 18.4 Å². The zero-order valence-electron chi connectivity index (χ0n) is 4.73. The van der Waals surface area contributed by atoms with Crippen molar-refractivity contribution in [3.8, 4) is 6.07 Å². The molecule has 0 saturated carbocycles. The molecule has 0 spiro atoms. The summed E-state index contributed by atoms with van der Waals surface area (Å²) in [6.45, 7) is 6.61. The summed E-state index contributed by atoms with van der Waals surface area (Å²) in [4.78, 5) is 0. The van der Waals surface area contributed by atoms with Gasteiger partial charge in [0.1, 0.15) is 0 Å². The van der Waals surface area contributed by atoms with E-state index in [4.69, 9.17) is 5.26 Å². The number of hydrogen-bond donors (Lipinski definition) is 0. The fourth-order valence-corrected chi connectivity index (χ4v) is 0. The summed E-state index contributed by atoms with van der Waals surface area (Å²) in [6.07, 6.45) is 1.76. The van der Waals surface area contributed by atoms with E-state index in [0.29, 0.717) is 0 Å². The van der Waals surface area contributed by atoms with E-state index in [9.17, 15) is 0 Å². The Balaban J connectivity index is 0. The Morgan fingerprint density at radius 1 is 1.71 bits per heavy atom. The smallest absolute Gasteiger partial charge is 0.0587 e. The van der Waals surface area contributed by atoms with Crippen LogP contribution in [-0.4, -0.2) is 0 Å². The van der Waals surface area contributed by atoms with Gasteiger partial charge in [-0.05, 0) is 13.0 Å². The standard InChI is InChI=1S/C4H6.C2H3N/c1-3-4-2;1-2-3/h4H,1H2,2H3;1H3. The van der Waals surface area contributed by atoms with Crippen LogP contribution < -0.4 is 0 Å². The minimum Gasteiger partial charge on any atom is -0.199 e. The number of hydrogen-bond acceptors (Lipinski definition) is 1. The topological polar surface area (TPSA) is 23.8 Å². The molecule has 0 aromatic carbocycles. The Bertz CT molecular complexity index is 91.2. The predicted octanol–water partition coefficient (Wildman–Crippen LogP) is 1.88. The molecule has 0 aliphatic carbocycles. The molecule has 0 saturated heterocycles. The normalized spacial score (nSPS) is 3.57. The summed E-state index contributed by atoms with van der Waals surface area (Å²) < 4.78 is 0. The number of nitriles is 1. The van der Waals surface area contributed by atoms with E-state index >= 15 is 0 Å². The van der Waals surface area contributed by atoms with E-state index in [1.807, 2.05) is 6.92 Å². The SMILES string of the molecule is C=C=CC.CC#N. The monoisotopic (exact) mass is 95.1 g/mol. The highest BCUT2D eigenvalue weighted by Gasteiger charge is 1.24. The van der Waals surface area contributed by atoms with Crippen LogP contribution in [0.2, 0.25) is 0 Å². The summed E-state index contributed by atoms with van der Waals surface area (Å²) in [6, 6.07) is 1.75. The third kappa shape index (κ3) is 454000. The van der Waals surface area contributed by atoms with Gasteiger partial charge in [0.05, 0.1) is 6.07 Å². The van der Waals surface area contributed by atoms with Crippen molar-refractivity contribution in [3.63, 3.8) is 0 Å². The molecule has 0 aliphatic rings. The zero-order chi connectivity index (χ0) is 6.12. The van der Waals surface area contributed by atoms with Crippen LogP contribution in [0.4, 0.5) is 0 Å². The Hall–Kier alpha value is -0.990. The van der Waals surface area contributed by atoms with Crippen LogP contribution in [0.1, 0.15) is 13.8 Å². The molecule has 1 nitrogen and oxygen atoms in total. The average molecular weight is 95.1 g/mol. The predicted molar refractivity (Wildman–Crippen MR) is 30.7 cm³/mol. The molecular formula is C6H9N. The van der Waals surface area contributed by atoms with Crippen LogP contribution in [0.5, 0.6) is 0 Å². The first-order valence-electron chi connectivity index (χ1n) is 1.94.